The minimum absolute atomic E-state index is 0.192. The Hall–Kier alpha value is -1.46. The molecule has 74 valence electrons. The molecule has 0 unspecified atom stereocenters. The molecule has 0 radical (unpaired) electrons. The molecule has 13 heavy (non-hydrogen) atoms. The second-order valence-corrected chi connectivity index (χ2v) is 2.33. The number of aryl methyl sites for hydroxylation is 1. The molecule has 1 aromatic heterocycles. The highest BCUT2D eigenvalue weighted by molar-refractivity contribution is 4.90. The summed E-state index contributed by atoms with van der Waals surface area (Å²) in [5, 5.41) is 3.84. The molecule has 0 aliphatic carbocycles. The molecule has 0 fully saturated rings. The minimum atomic E-state index is -0.342. The van der Waals surface area contributed by atoms with Crippen LogP contribution in [0, 0.1) is 0 Å². The number of aromatic nitrogens is 3. The lowest BCUT2D eigenvalue weighted by molar-refractivity contribution is 0.0858. The average molecular weight is 187 g/mol. The van der Waals surface area contributed by atoms with Gasteiger partial charge in [0.05, 0.1) is 6.61 Å². The van der Waals surface area contributed by atoms with Gasteiger partial charge in [-0.25, -0.2) is 9.48 Å². The SMILES string of the molecule is CCOc1nn(C)c(=O)n1OCC. The topological polar surface area (TPSA) is 58.3 Å². The molecule has 0 bridgehead atoms. The number of hydrogen-bond acceptors (Lipinski definition) is 4. The largest absolute Gasteiger partial charge is 0.462 e. The average Bonchev–Trinajstić information content (AvgIpc) is 2.34. The smallest absolute Gasteiger partial charge is 0.382 e. The maximum atomic E-state index is 11.3. The van der Waals surface area contributed by atoms with Crippen molar-refractivity contribution in [3.05, 3.63) is 10.5 Å². The summed E-state index contributed by atoms with van der Waals surface area (Å²) in [7, 11) is 1.54. The molecule has 0 atom stereocenters. The summed E-state index contributed by atoms with van der Waals surface area (Å²) < 4.78 is 7.31. The van der Waals surface area contributed by atoms with Gasteiger partial charge in [-0.1, -0.05) is 4.73 Å². The molecular weight excluding hydrogens is 174 g/mol. The van der Waals surface area contributed by atoms with Gasteiger partial charge in [-0.15, -0.1) is 5.10 Å². The van der Waals surface area contributed by atoms with E-state index in [-0.39, 0.29) is 11.7 Å². The minimum Gasteiger partial charge on any atom is -0.462 e. The molecule has 0 saturated carbocycles. The van der Waals surface area contributed by atoms with Crippen molar-refractivity contribution in [2.24, 2.45) is 7.05 Å². The zero-order valence-electron chi connectivity index (χ0n) is 7.98. The molecule has 0 aliphatic rings. The Labute approximate surface area is 75.6 Å². The van der Waals surface area contributed by atoms with Crippen LogP contribution in [0.3, 0.4) is 0 Å². The first-order valence-electron chi connectivity index (χ1n) is 4.12. The number of hydrogen-bond donors (Lipinski definition) is 0. The number of ether oxygens (including phenoxy) is 1. The van der Waals surface area contributed by atoms with Crippen LogP contribution < -0.4 is 15.3 Å². The van der Waals surface area contributed by atoms with E-state index < -0.39 is 0 Å². The Bertz CT molecular complexity index is 328. The van der Waals surface area contributed by atoms with Crippen molar-refractivity contribution in [1.82, 2.24) is 14.5 Å². The van der Waals surface area contributed by atoms with Crippen molar-refractivity contribution in [2.75, 3.05) is 13.2 Å². The normalized spacial score (nSPS) is 10.1. The van der Waals surface area contributed by atoms with Crippen LogP contribution in [0.25, 0.3) is 0 Å². The van der Waals surface area contributed by atoms with Crippen molar-refractivity contribution < 1.29 is 9.57 Å². The van der Waals surface area contributed by atoms with Gasteiger partial charge in [0.2, 0.25) is 0 Å². The number of rotatable bonds is 4. The highest BCUT2D eigenvalue weighted by Crippen LogP contribution is 1.99. The molecule has 0 N–H and O–H groups in total. The first kappa shape index (κ1) is 9.63. The van der Waals surface area contributed by atoms with Gasteiger partial charge in [-0.3, -0.25) is 0 Å². The summed E-state index contributed by atoms with van der Waals surface area (Å²) >= 11 is 0. The van der Waals surface area contributed by atoms with E-state index >= 15 is 0 Å². The van der Waals surface area contributed by atoms with Crippen LogP contribution in [-0.2, 0) is 7.05 Å². The molecule has 0 spiro atoms. The van der Waals surface area contributed by atoms with Crippen LogP contribution >= 0.6 is 0 Å². The molecule has 1 heterocycles. The second-order valence-electron chi connectivity index (χ2n) is 2.33. The molecule has 0 aliphatic heterocycles. The van der Waals surface area contributed by atoms with E-state index in [1.165, 1.54) is 4.68 Å². The van der Waals surface area contributed by atoms with E-state index in [1.54, 1.807) is 14.0 Å². The van der Waals surface area contributed by atoms with Gasteiger partial charge < -0.3 is 9.57 Å². The molecular formula is C7H13N3O3. The lowest BCUT2D eigenvalue weighted by Gasteiger charge is -2.03. The summed E-state index contributed by atoms with van der Waals surface area (Å²) in [4.78, 5) is 16.3. The van der Waals surface area contributed by atoms with Crippen LogP contribution in [0.5, 0.6) is 6.01 Å². The van der Waals surface area contributed by atoms with Crippen molar-refractivity contribution in [2.45, 2.75) is 13.8 Å². The molecule has 6 heteroatoms. The predicted octanol–water partition coefficient (Wildman–Crippen LogP) is -0.571. The Morgan fingerprint density at radius 1 is 1.38 bits per heavy atom. The van der Waals surface area contributed by atoms with Gasteiger partial charge in [-0.05, 0) is 13.8 Å². The highest BCUT2D eigenvalue weighted by Gasteiger charge is 2.12. The molecule has 1 rings (SSSR count). The van der Waals surface area contributed by atoms with Crippen LogP contribution in [0.15, 0.2) is 4.79 Å². The quantitative estimate of drug-likeness (QED) is 0.633. The molecule has 0 saturated heterocycles. The third-order valence-electron chi connectivity index (χ3n) is 1.39. The van der Waals surface area contributed by atoms with E-state index in [4.69, 9.17) is 9.57 Å². The zero-order chi connectivity index (χ0) is 9.84. The fourth-order valence-corrected chi connectivity index (χ4v) is 0.881. The first-order chi connectivity index (χ1) is 6.20. The second kappa shape index (κ2) is 3.97. The van der Waals surface area contributed by atoms with Crippen molar-refractivity contribution in [3.63, 3.8) is 0 Å². The van der Waals surface area contributed by atoms with Crippen molar-refractivity contribution in [3.8, 4) is 6.01 Å². The maximum absolute atomic E-state index is 11.3. The summed E-state index contributed by atoms with van der Waals surface area (Å²) in [6, 6.07) is 0.192. The maximum Gasteiger partial charge on any atom is 0.382 e. The third kappa shape index (κ3) is 1.82. The van der Waals surface area contributed by atoms with Crippen molar-refractivity contribution >= 4 is 0 Å². The first-order valence-corrected chi connectivity index (χ1v) is 4.12. The summed E-state index contributed by atoms with van der Waals surface area (Å²) in [5.41, 5.74) is -0.342. The van der Waals surface area contributed by atoms with E-state index in [9.17, 15) is 4.79 Å². The van der Waals surface area contributed by atoms with Gasteiger partial charge >= 0.3 is 11.7 Å². The lowest BCUT2D eigenvalue weighted by atomic mass is 10.9. The number of nitrogens with zero attached hydrogens (tertiary/aromatic N) is 3. The lowest BCUT2D eigenvalue weighted by Crippen LogP contribution is -2.28. The van der Waals surface area contributed by atoms with Crippen LogP contribution in [0.4, 0.5) is 0 Å². The third-order valence-corrected chi connectivity index (χ3v) is 1.39. The highest BCUT2D eigenvalue weighted by atomic mass is 16.7. The van der Waals surface area contributed by atoms with Gasteiger partial charge in [-0.2, -0.15) is 0 Å². The summed E-state index contributed by atoms with van der Waals surface area (Å²) in [6.45, 7) is 4.44. The molecule has 6 nitrogen and oxygen atoms in total. The summed E-state index contributed by atoms with van der Waals surface area (Å²) in [6.07, 6.45) is 0. The molecule has 0 amide bonds. The van der Waals surface area contributed by atoms with E-state index in [0.29, 0.717) is 13.2 Å². The Kier molecular flexibility index (Phi) is 2.94. The monoisotopic (exact) mass is 187 g/mol. The van der Waals surface area contributed by atoms with Gasteiger partial charge in [0.15, 0.2) is 0 Å². The fourth-order valence-electron chi connectivity index (χ4n) is 0.881. The summed E-state index contributed by atoms with van der Waals surface area (Å²) in [5.74, 6) is 0. The van der Waals surface area contributed by atoms with Crippen LogP contribution in [-0.4, -0.2) is 27.7 Å². The Morgan fingerprint density at radius 2 is 2.08 bits per heavy atom. The van der Waals surface area contributed by atoms with E-state index in [1.807, 2.05) is 6.92 Å². The Balaban J connectivity index is 3.03. The van der Waals surface area contributed by atoms with Gasteiger partial charge in [0.1, 0.15) is 6.61 Å². The zero-order valence-corrected chi connectivity index (χ0v) is 7.98. The Morgan fingerprint density at radius 3 is 2.62 bits per heavy atom. The van der Waals surface area contributed by atoms with E-state index in [0.717, 1.165) is 4.73 Å². The standard InChI is InChI=1S/C7H13N3O3/c1-4-12-6-8-9(3)7(11)10(6)13-5-2/h4-5H2,1-3H3. The van der Waals surface area contributed by atoms with Gasteiger partial charge in [0.25, 0.3) is 0 Å². The van der Waals surface area contributed by atoms with E-state index in [2.05, 4.69) is 5.10 Å². The predicted molar refractivity (Wildman–Crippen MR) is 45.8 cm³/mol. The van der Waals surface area contributed by atoms with Crippen LogP contribution in [0.2, 0.25) is 0 Å². The molecule has 1 aromatic rings. The van der Waals surface area contributed by atoms with Gasteiger partial charge in [0, 0.05) is 7.05 Å². The van der Waals surface area contributed by atoms with Crippen molar-refractivity contribution in [1.29, 1.82) is 0 Å². The molecule has 0 aromatic carbocycles. The van der Waals surface area contributed by atoms with Crippen LogP contribution in [0.1, 0.15) is 13.8 Å². The fraction of sp³-hybridized carbons (Fsp3) is 0.714.